The second-order valence-electron chi connectivity index (χ2n) is 11.4. The first-order chi connectivity index (χ1) is 22.3. The molecule has 0 saturated carbocycles. The zero-order valence-corrected chi connectivity index (χ0v) is 25.6. The Hall–Kier alpha value is -5.36. The Morgan fingerprint density at radius 1 is 0.467 bits per heavy atom. The highest BCUT2D eigenvalue weighted by molar-refractivity contribution is 7.37. The van der Waals surface area contributed by atoms with Crippen LogP contribution < -0.4 is 0 Å². The zero-order chi connectivity index (χ0) is 29.5. The lowest BCUT2D eigenvalue weighted by atomic mass is 10.1. The minimum absolute atomic E-state index is 0.725. The van der Waals surface area contributed by atoms with Gasteiger partial charge in [0.15, 0.2) is 5.82 Å². The Morgan fingerprint density at radius 2 is 1.18 bits per heavy atom. The Kier molecular flexibility index (Phi) is 5.32. The molecule has 0 aliphatic carbocycles. The Bertz CT molecular complexity index is 2770. The molecule has 10 rings (SSSR count). The number of nitrogens with zero attached hydrogens (tertiary/aromatic N) is 3. The summed E-state index contributed by atoms with van der Waals surface area (Å²) in [5.74, 6) is 0.725. The highest BCUT2D eigenvalue weighted by Crippen LogP contribution is 2.48. The van der Waals surface area contributed by atoms with Gasteiger partial charge in [0.05, 0.1) is 36.3 Å². The van der Waals surface area contributed by atoms with E-state index in [2.05, 4.69) is 132 Å². The molecule has 4 aromatic heterocycles. The molecule has 0 spiro atoms. The highest BCUT2D eigenvalue weighted by Gasteiger charge is 2.20. The van der Waals surface area contributed by atoms with Crippen molar-refractivity contribution >= 4 is 85.0 Å². The van der Waals surface area contributed by atoms with Crippen molar-refractivity contribution in [2.75, 3.05) is 0 Å². The molecule has 3 nitrogen and oxygen atoms in total. The minimum Gasteiger partial charge on any atom is -0.308 e. The molecular formula is C40H23N3S2. The average molecular weight is 610 g/mol. The third kappa shape index (κ3) is 3.69. The van der Waals surface area contributed by atoms with E-state index in [-0.39, 0.29) is 0 Å². The van der Waals surface area contributed by atoms with Crippen molar-refractivity contribution in [2.45, 2.75) is 0 Å². The van der Waals surface area contributed by atoms with Crippen LogP contribution in [0.15, 0.2) is 140 Å². The molecule has 0 N–H and O–H groups in total. The van der Waals surface area contributed by atoms with E-state index in [1.165, 1.54) is 51.4 Å². The Balaban J connectivity index is 1.25. The molecule has 0 radical (unpaired) electrons. The standard InChI is InChI=1S/C40H23N3S2/c1-2-11-24(12-3-1)35-29-16-4-7-18-32(29)41-40(42-35)25-13-10-14-26(23-25)43-33-19-8-5-15-27(33)28-21-22-31-37(36(28)43)45-38-30-17-6-9-20-34(30)44-39(31)38/h1-23H. The fourth-order valence-corrected chi connectivity index (χ4v) is 9.57. The van der Waals surface area contributed by atoms with Gasteiger partial charge in [-0.3, -0.25) is 0 Å². The van der Waals surface area contributed by atoms with Crippen LogP contribution in [-0.2, 0) is 0 Å². The Morgan fingerprint density at radius 3 is 2.09 bits per heavy atom. The number of fused-ring (bicyclic) bond motifs is 10. The summed E-state index contributed by atoms with van der Waals surface area (Å²) in [5.41, 5.74) is 7.53. The molecular weight excluding hydrogens is 587 g/mol. The quantitative estimate of drug-likeness (QED) is 0.199. The first kappa shape index (κ1) is 25.0. The molecule has 0 atom stereocenters. The molecule has 0 aliphatic rings. The first-order valence-electron chi connectivity index (χ1n) is 15.0. The number of thiophene rings is 2. The first-order valence-corrected chi connectivity index (χ1v) is 16.6. The maximum Gasteiger partial charge on any atom is 0.160 e. The van der Waals surface area contributed by atoms with Crippen LogP contribution in [0.25, 0.3) is 90.6 Å². The molecule has 0 saturated heterocycles. The molecule has 10 aromatic rings. The normalized spacial score (nSPS) is 12.0. The van der Waals surface area contributed by atoms with E-state index in [9.17, 15) is 0 Å². The lowest BCUT2D eigenvalue weighted by Gasteiger charge is -2.12. The van der Waals surface area contributed by atoms with Crippen LogP contribution >= 0.6 is 22.7 Å². The molecule has 0 unspecified atom stereocenters. The molecule has 0 amide bonds. The minimum atomic E-state index is 0.725. The maximum atomic E-state index is 5.17. The molecule has 0 fully saturated rings. The molecule has 5 heteroatoms. The maximum absolute atomic E-state index is 5.17. The van der Waals surface area contributed by atoms with Gasteiger partial charge in [-0.2, -0.15) is 0 Å². The van der Waals surface area contributed by atoms with Crippen LogP contribution in [-0.4, -0.2) is 14.5 Å². The number of aromatic nitrogens is 3. The van der Waals surface area contributed by atoms with Gasteiger partial charge < -0.3 is 4.57 Å². The summed E-state index contributed by atoms with van der Waals surface area (Å²) in [6.45, 7) is 0. The summed E-state index contributed by atoms with van der Waals surface area (Å²) in [6.07, 6.45) is 0. The van der Waals surface area contributed by atoms with Crippen molar-refractivity contribution in [3.8, 4) is 28.3 Å². The van der Waals surface area contributed by atoms with Gasteiger partial charge in [-0.05, 0) is 30.3 Å². The summed E-state index contributed by atoms with van der Waals surface area (Å²) in [7, 11) is 0. The van der Waals surface area contributed by atoms with E-state index >= 15 is 0 Å². The topological polar surface area (TPSA) is 30.7 Å². The third-order valence-corrected chi connectivity index (χ3v) is 11.4. The van der Waals surface area contributed by atoms with Gasteiger partial charge in [0.25, 0.3) is 0 Å². The van der Waals surface area contributed by atoms with Gasteiger partial charge in [0.1, 0.15) is 0 Å². The SMILES string of the molecule is c1ccc(-c2nc(-c3cccc(-n4c5ccccc5c5ccc6c7sc8ccccc8c7sc6c54)c3)nc3ccccc23)cc1. The van der Waals surface area contributed by atoms with Gasteiger partial charge in [-0.25, -0.2) is 9.97 Å². The molecule has 0 bridgehead atoms. The van der Waals surface area contributed by atoms with Crippen LogP contribution in [0.5, 0.6) is 0 Å². The third-order valence-electron chi connectivity index (χ3n) is 8.80. The van der Waals surface area contributed by atoms with Crippen molar-refractivity contribution in [2.24, 2.45) is 0 Å². The predicted octanol–water partition coefficient (Wildman–Crippen LogP) is 11.6. The average Bonchev–Trinajstić information content (AvgIpc) is 3.76. The van der Waals surface area contributed by atoms with Crippen LogP contribution in [0.4, 0.5) is 0 Å². The second kappa shape index (κ2) is 9.57. The van der Waals surface area contributed by atoms with Crippen molar-refractivity contribution < 1.29 is 0 Å². The molecule has 4 heterocycles. The van der Waals surface area contributed by atoms with E-state index in [4.69, 9.17) is 9.97 Å². The van der Waals surface area contributed by atoms with Crippen molar-refractivity contribution in [3.63, 3.8) is 0 Å². The molecule has 210 valence electrons. The molecule has 45 heavy (non-hydrogen) atoms. The Labute approximate surface area is 266 Å². The van der Waals surface area contributed by atoms with E-state index in [1.54, 1.807) is 0 Å². The summed E-state index contributed by atoms with van der Waals surface area (Å²) in [4.78, 5) is 10.2. The van der Waals surface area contributed by atoms with Crippen molar-refractivity contribution in [3.05, 3.63) is 140 Å². The fraction of sp³-hybridized carbons (Fsp3) is 0. The monoisotopic (exact) mass is 609 g/mol. The second-order valence-corrected chi connectivity index (χ2v) is 13.5. The lowest BCUT2D eigenvalue weighted by molar-refractivity contribution is 1.18. The smallest absolute Gasteiger partial charge is 0.160 e. The van der Waals surface area contributed by atoms with Crippen molar-refractivity contribution in [1.82, 2.24) is 14.5 Å². The molecule has 0 aliphatic heterocycles. The van der Waals surface area contributed by atoms with Crippen molar-refractivity contribution in [1.29, 1.82) is 0 Å². The number of hydrogen-bond donors (Lipinski definition) is 0. The van der Waals surface area contributed by atoms with Crippen LogP contribution in [0, 0.1) is 0 Å². The van der Waals surface area contributed by atoms with Crippen LogP contribution in [0.3, 0.4) is 0 Å². The largest absolute Gasteiger partial charge is 0.308 e. The van der Waals surface area contributed by atoms with Gasteiger partial charge in [-0.15, -0.1) is 22.7 Å². The van der Waals surface area contributed by atoms with E-state index < -0.39 is 0 Å². The predicted molar refractivity (Wildman–Crippen MR) is 193 cm³/mol. The summed E-state index contributed by atoms with van der Waals surface area (Å²) >= 11 is 3.82. The van der Waals surface area contributed by atoms with Crippen LogP contribution in [0.2, 0.25) is 0 Å². The zero-order valence-electron chi connectivity index (χ0n) is 23.9. The molecule has 6 aromatic carbocycles. The number of hydrogen-bond acceptors (Lipinski definition) is 4. The van der Waals surface area contributed by atoms with E-state index in [0.29, 0.717) is 0 Å². The summed E-state index contributed by atoms with van der Waals surface area (Å²) in [5, 5.41) is 6.26. The van der Waals surface area contributed by atoms with Gasteiger partial charge >= 0.3 is 0 Å². The number of benzene rings is 6. The van der Waals surface area contributed by atoms with Gasteiger partial charge in [0, 0.05) is 48.4 Å². The summed E-state index contributed by atoms with van der Waals surface area (Å²) in [6, 6.07) is 49.6. The highest BCUT2D eigenvalue weighted by atomic mass is 32.1. The number of rotatable bonds is 3. The van der Waals surface area contributed by atoms with Crippen LogP contribution in [0.1, 0.15) is 0 Å². The lowest BCUT2D eigenvalue weighted by Crippen LogP contribution is -1.97. The van der Waals surface area contributed by atoms with E-state index in [1.807, 2.05) is 34.8 Å². The van der Waals surface area contributed by atoms with Gasteiger partial charge in [0.2, 0.25) is 0 Å². The summed E-state index contributed by atoms with van der Waals surface area (Å²) < 4.78 is 7.87. The number of para-hydroxylation sites is 2. The van der Waals surface area contributed by atoms with Gasteiger partial charge in [-0.1, -0.05) is 109 Å². The van der Waals surface area contributed by atoms with E-state index in [0.717, 1.165) is 39.2 Å². The fourth-order valence-electron chi connectivity index (χ4n) is 6.79.